The van der Waals surface area contributed by atoms with Crippen molar-refractivity contribution in [2.24, 2.45) is 0 Å². The summed E-state index contributed by atoms with van der Waals surface area (Å²) in [5, 5.41) is 12.4. The first kappa shape index (κ1) is 14.0. The van der Waals surface area contributed by atoms with Crippen molar-refractivity contribution in [1.29, 1.82) is 0 Å². The van der Waals surface area contributed by atoms with Crippen molar-refractivity contribution in [3.05, 3.63) is 24.3 Å². The Hall–Kier alpha value is -1.07. The molecule has 17 heavy (non-hydrogen) atoms. The number of sulfone groups is 1. The SMILES string of the molecule is CC(O)CC(C)Nc1ccccc1S(C)(=O)=O. The summed E-state index contributed by atoms with van der Waals surface area (Å²) in [5.41, 5.74) is 0.586. The van der Waals surface area contributed by atoms with Gasteiger partial charge in [0.1, 0.15) is 0 Å². The Labute approximate surface area is 103 Å². The molecule has 2 N–H and O–H groups in total. The second kappa shape index (κ2) is 5.51. The van der Waals surface area contributed by atoms with Gasteiger partial charge in [-0.2, -0.15) is 0 Å². The summed E-state index contributed by atoms with van der Waals surface area (Å²) in [4.78, 5) is 0.289. The highest BCUT2D eigenvalue weighted by molar-refractivity contribution is 7.90. The van der Waals surface area contributed by atoms with E-state index in [2.05, 4.69) is 5.32 Å². The molecule has 2 unspecified atom stereocenters. The number of anilines is 1. The topological polar surface area (TPSA) is 66.4 Å². The van der Waals surface area contributed by atoms with Crippen molar-refractivity contribution in [1.82, 2.24) is 0 Å². The maximum absolute atomic E-state index is 11.6. The van der Waals surface area contributed by atoms with Crippen LogP contribution in [0.2, 0.25) is 0 Å². The molecule has 0 saturated carbocycles. The number of nitrogens with one attached hydrogen (secondary N) is 1. The van der Waals surface area contributed by atoms with Gasteiger partial charge in [-0.05, 0) is 32.4 Å². The van der Waals surface area contributed by atoms with Crippen molar-refractivity contribution in [3.63, 3.8) is 0 Å². The summed E-state index contributed by atoms with van der Waals surface area (Å²) < 4.78 is 23.1. The molecule has 1 aromatic carbocycles. The number of hydrogen-bond donors (Lipinski definition) is 2. The molecule has 1 aromatic rings. The maximum atomic E-state index is 11.6. The van der Waals surface area contributed by atoms with Gasteiger partial charge in [0.15, 0.2) is 9.84 Å². The largest absolute Gasteiger partial charge is 0.393 e. The Balaban J connectivity index is 2.92. The molecule has 0 heterocycles. The molecular weight excluding hydrogens is 238 g/mol. The monoisotopic (exact) mass is 257 g/mol. The Morgan fingerprint density at radius 3 is 2.41 bits per heavy atom. The van der Waals surface area contributed by atoms with Gasteiger partial charge in [0.05, 0.1) is 16.7 Å². The molecule has 4 nitrogen and oxygen atoms in total. The summed E-state index contributed by atoms with van der Waals surface area (Å²) in [6, 6.07) is 6.80. The summed E-state index contributed by atoms with van der Waals surface area (Å²) in [7, 11) is -3.23. The van der Waals surface area contributed by atoms with Crippen molar-refractivity contribution in [3.8, 4) is 0 Å². The Morgan fingerprint density at radius 2 is 1.88 bits per heavy atom. The van der Waals surface area contributed by atoms with E-state index in [4.69, 9.17) is 0 Å². The van der Waals surface area contributed by atoms with Crippen LogP contribution in [-0.2, 0) is 9.84 Å². The Bertz CT molecular complexity index is 468. The molecular formula is C12H19NO3S. The number of benzene rings is 1. The quantitative estimate of drug-likeness (QED) is 0.842. The summed E-state index contributed by atoms with van der Waals surface area (Å²) >= 11 is 0. The molecule has 0 fully saturated rings. The summed E-state index contributed by atoms with van der Waals surface area (Å²) in [5.74, 6) is 0. The van der Waals surface area contributed by atoms with E-state index < -0.39 is 15.9 Å². The van der Waals surface area contributed by atoms with E-state index in [0.29, 0.717) is 12.1 Å². The van der Waals surface area contributed by atoms with Crippen LogP contribution in [0.1, 0.15) is 20.3 Å². The highest BCUT2D eigenvalue weighted by Crippen LogP contribution is 2.21. The molecule has 0 saturated heterocycles. The lowest BCUT2D eigenvalue weighted by molar-refractivity contribution is 0.179. The smallest absolute Gasteiger partial charge is 0.177 e. The molecule has 1 rings (SSSR count). The predicted molar refractivity (Wildman–Crippen MR) is 68.9 cm³/mol. The third kappa shape index (κ3) is 4.36. The predicted octanol–water partition coefficient (Wildman–Crippen LogP) is 1.66. The van der Waals surface area contributed by atoms with Crippen molar-refractivity contribution in [2.75, 3.05) is 11.6 Å². The van der Waals surface area contributed by atoms with Gasteiger partial charge in [0.25, 0.3) is 0 Å². The molecule has 0 spiro atoms. The van der Waals surface area contributed by atoms with Gasteiger partial charge in [0.2, 0.25) is 0 Å². The van der Waals surface area contributed by atoms with Crippen LogP contribution in [0.25, 0.3) is 0 Å². The highest BCUT2D eigenvalue weighted by Gasteiger charge is 2.14. The van der Waals surface area contributed by atoms with Crippen molar-refractivity contribution >= 4 is 15.5 Å². The molecule has 0 radical (unpaired) electrons. The van der Waals surface area contributed by atoms with Gasteiger partial charge in [-0.15, -0.1) is 0 Å². The van der Waals surface area contributed by atoms with Crippen LogP contribution in [0, 0.1) is 0 Å². The van der Waals surface area contributed by atoms with E-state index >= 15 is 0 Å². The van der Waals surface area contributed by atoms with Crippen LogP contribution in [-0.4, -0.2) is 31.9 Å². The number of hydrogen-bond acceptors (Lipinski definition) is 4. The second-order valence-corrected chi connectivity index (χ2v) is 6.38. The number of aliphatic hydroxyl groups excluding tert-OH is 1. The second-order valence-electron chi connectivity index (χ2n) is 4.40. The van der Waals surface area contributed by atoms with E-state index in [1.54, 1.807) is 31.2 Å². The molecule has 0 aliphatic carbocycles. The molecule has 0 amide bonds. The Morgan fingerprint density at radius 1 is 1.29 bits per heavy atom. The third-order valence-corrected chi connectivity index (χ3v) is 3.54. The lowest BCUT2D eigenvalue weighted by atomic mass is 10.1. The first-order valence-corrected chi connectivity index (χ1v) is 7.43. The summed E-state index contributed by atoms with van der Waals surface area (Å²) in [6.07, 6.45) is 1.34. The van der Waals surface area contributed by atoms with Crippen LogP contribution in [0.3, 0.4) is 0 Å². The van der Waals surface area contributed by atoms with E-state index in [-0.39, 0.29) is 10.9 Å². The molecule has 96 valence electrons. The van der Waals surface area contributed by atoms with E-state index in [1.807, 2.05) is 6.92 Å². The Kier molecular flexibility index (Phi) is 4.54. The van der Waals surface area contributed by atoms with Gasteiger partial charge in [-0.3, -0.25) is 0 Å². The van der Waals surface area contributed by atoms with Crippen LogP contribution in [0.15, 0.2) is 29.2 Å². The van der Waals surface area contributed by atoms with E-state index in [1.165, 1.54) is 6.26 Å². The number of rotatable bonds is 5. The zero-order valence-corrected chi connectivity index (χ0v) is 11.2. The van der Waals surface area contributed by atoms with Gasteiger partial charge in [-0.25, -0.2) is 8.42 Å². The fourth-order valence-corrected chi connectivity index (χ4v) is 2.60. The number of para-hydroxylation sites is 1. The number of aliphatic hydroxyl groups is 1. The van der Waals surface area contributed by atoms with Gasteiger partial charge in [0, 0.05) is 12.3 Å². The highest BCUT2D eigenvalue weighted by atomic mass is 32.2. The zero-order chi connectivity index (χ0) is 13.1. The molecule has 0 bridgehead atoms. The standard InChI is InChI=1S/C12H19NO3S/c1-9(8-10(2)14)13-11-6-4-5-7-12(11)17(3,15)16/h4-7,9-10,13-14H,8H2,1-3H3. The van der Waals surface area contributed by atoms with Crippen LogP contribution >= 0.6 is 0 Å². The van der Waals surface area contributed by atoms with Crippen molar-refractivity contribution in [2.45, 2.75) is 37.3 Å². The lowest BCUT2D eigenvalue weighted by Crippen LogP contribution is -2.21. The summed E-state index contributed by atoms with van der Waals surface area (Å²) in [6.45, 7) is 3.62. The molecule has 5 heteroatoms. The van der Waals surface area contributed by atoms with Crippen molar-refractivity contribution < 1.29 is 13.5 Å². The van der Waals surface area contributed by atoms with Crippen LogP contribution < -0.4 is 5.32 Å². The fraction of sp³-hybridized carbons (Fsp3) is 0.500. The minimum atomic E-state index is -3.23. The maximum Gasteiger partial charge on any atom is 0.177 e. The lowest BCUT2D eigenvalue weighted by Gasteiger charge is -2.18. The fourth-order valence-electron chi connectivity index (χ4n) is 1.75. The van der Waals surface area contributed by atoms with E-state index in [9.17, 15) is 13.5 Å². The molecule has 0 aliphatic rings. The van der Waals surface area contributed by atoms with Crippen LogP contribution in [0.4, 0.5) is 5.69 Å². The first-order chi connectivity index (χ1) is 7.80. The van der Waals surface area contributed by atoms with E-state index in [0.717, 1.165) is 0 Å². The van der Waals surface area contributed by atoms with Crippen LogP contribution in [0.5, 0.6) is 0 Å². The van der Waals surface area contributed by atoms with Gasteiger partial charge >= 0.3 is 0 Å². The third-order valence-electron chi connectivity index (χ3n) is 2.38. The normalized spacial score (nSPS) is 15.3. The molecule has 0 aromatic heterocycles. The van der Waals surface area contributed by atoms with Gasteiger partial charge < -0.3 is 10.4 Å². The average molecular weight is 257 g/mol. The zero-order valence-electron chi connectivity index (χ0n) is 10.3. The molecule has 0 aliphatic heterocycles. The molecule has 2 atom stereocenters. The first-order valence-electron chi connectivity index (χ1n) is 5.54. The minimum Gasteiger partial charge on any atom is -0.393 e. The minimum absolute atomic E-state index is 0.0119. The average Bonchev–Trinajstić information content (AvgIpc) is 2.15. The van der Waals surface area contributed by atoms with Gasteiger partial charge in [-0.1, -0.05) is 12.1 Å².